The van der Waals surface area contributed by atoms with Gasteiger partial charge in [0.2, 0.25) is 0 Å². The molecule has 1 saturated heterocycles. The Labute approximate surface area is 164 Å². The van der Waals surface area contributed by atoms with E-state index in [1.807, 2.05) is 12.1 Å². The van der Waals surface area contributed by atoms with Crippen molar-refractivity contribution in [2.24, 2.45) is 0 Å². The fourth-order valence-corrected chi connectivity index (χ4v) is 3.79. The number of carbonyl (C=O) groups is 2. The molecule has 0 saturated carbocycles. The summed E-state index contributed by atoms with van der Waals surface area (Å²) < 4.78 is 5.03. The minimum atomic E-state index is -0.314. The molecule has 0 atom stereocenters. The fraction of sp³-hybridized carbons (Fsp3) is 0.381. The number of hydrogen-bond acceptors (Lipinski definition) is 5. The molecule has 1 aromatic carbocycles. The van der Waals surface area contributed by atoms with Gasteiger partial charge in [-0.1, -0.05) is 18.2 Å². The number of nitrogens with zero attached hydrogens (tertiary/aromatic N) is 4. The zero-order chi connectivity index (χ0) is 19.5. The van der Waals surface area contributed by atoms with Crippen LogP contribution in [0.5, 0.6) is 0 Å². The number of fused-ring (bicyclic) bond motifs is 1. The van der Waals surface area contributed by atoms with Gasteiger partial charge in [-0.3, -0.25) is 9.78 Å². The number of amides is 2. The number of para-hydroxylation sites is 1. The maximum atomic E-state index is 12.9. The Morgan fingerprint density at radius 1 is 1.04 bits per heavy atom. The van der Waals surface area contributed by atoms with Crippen molar-refractivity contribution in [2.75, 3.05) is 44.2 Å². The van der Waals surface area contributed by atoms with Gasteiger partial charge in [-0.25, -0.2) is 4.79 Å². The third-order valence-corrected chi connectivity index (χ3v) is 5.26. The third-order valence-electron chi connectivity index (χ3n) is 5.26. The predicted octanol–water partition coefficient (Wildman–Crippen LogP) is 2.69. The minimum Gasteiger partial charge on any atom is -0.450 e. The average Bonchev–Trinajstić information content (AvgIpc) is 3.18. The average molecular weight is 380 g/mol. The topological polar surface area (TPSA) is 66.0 Å². The first-order valence-electron chi connectivity index (χ1n) is 9.69. The van der Waals surface area contributed by atoms with Crippen molar-refractivity contribution in [3.8, 4) is 0 Å². The van der Waals surface area contributed by atoms with Crippen LogP contribution in [0, 0.1) is 0 Å². The number of ether oxygens (including phenoxy) is 1. The highest BCUT2D eigenvalue weighted by Crippen LogP contribution is 2.34. The Balaban J connectivity index is 1.45. The molecule has 1 aromatic heterocycles. The number of carbonyl (C=O) groups excluding carboxylic acids is 2. The second-order valence-corrected chi connectivity index (χ2v) is 6.94. The van der Waals surface area contributed by atoms with E-state index in [4.69, 9.17) is 4.74 Å². The Morgan fingerprint density at radius 2 is 1.79 bits per heavy atom. The molecule has 146 valence electrons. The van der Waals surface area contributed by atoms with Crippen molar-refractivity contribution in [2.45, 2.75) is 13.3 Å². The molecular formula is C21H24N4O3. The van der Waals surface area contributed by atoms with Crippen molar-refractivity contribution in [3.05, 3.63) is 53.9 Å². The van der Waals surface area contributed by atoms with Gasteiger partial charge in [-0.2, -0.15) is 0 Å². The van der Waals surface area contributed by atoms with Gasteiger partial charge in [0.1, 0.15) is 0 Å². The van der Waals surface area contributed by atoms with Crippen LogP contribution in [0.15, 0.2) is 42.7 Å². The van der Waals surface area contributed by atoms with Gasteiger partial charge in [0, 0.05) is 44.6 Å². The Morgan fingerprint density at radius 3 is 2.57 bits per heavy atom. The molecule has 0 bridgehead atoms. The number of anilines is 2. The first-order valence-corrected chi connectivity index (χ1v) is 9.69. The molecule has 2 aliphatic heterocycles. The van der Waals surface area contributed by atoms with Gasteiger partial charge in [-0.05, 0) is 31.0 Å². The van der Waals surface area contributed by atoms with E-state index in [0.717, 1.165) is 18.7 Å². The van der Waals surface area contributed by atoms with Gasteiger partial charge < -0.3 is 19.4 Å². The maximum absolute atomic E-state index is 12.9. The van der Waals surface area contributed by atoms with Gasteiger partial charge in [-0.15, -0.1) is 0 Å². The molecule has 0 aliphatic carbocycles. The SMILES string of the molecule is CCOC(=O)N1CCN(C(=O)c2cncc(N3CCc4ccccc43)c2)CC1. The highest BCUT2D eigenvalue weighted by molar-refractivity contribution is 5.95. The first-order chi connectivity index (χ1) is 13.7. The molecule has 4 rings (SSSR count). The zero-order valence-electron chi connectivity index (χ0n) is 16.0. The number of pyridine rings is 1. The van der Waals surface area contributed by atoms with Gasteiger partial charge in [0.15, 0.2) is 0 Å². The highest BCUT2D eigenvalue weighted by atomic mass is 16.6. The van der Waals surface area contributed by atoms with E-state index in [1.165, 1.54) is 11.3 Å². The number of hydrogen-bond donors (Lipinski definition) is 0. The molecule has 7 heteroatoms. The number of rotatable bonds is 3. The van der Waals surface area contributed by atoms with Crippen LogP contribution in [0.3, 0.4) is 0 Å². The lowest BCUT2D eigenvalue weighted by atomic mass is 10.1. The summed E-state index contributed by atoms with van der Waals surface area (Å²) in [4.78, 5) is 34.7. The molecule has 0 radical (unpaired) electrons. The summed E-state index contributed by atoms with van der Waals surface area (Å²) >= 11 is 0. The lowest BCUT2D eigenvalue weighted by Gasteiger charge is -2.34. The normalized spacial score (nSPS) is 16.1. The van der Waals surface area contributed by atoms with E-state index in [0.29, 0.717) is 38.3 Å². The van der Waals surface area contributed by atoms with Crippen LogP contribution in [0.2, 0.25) is 0 Å². The summed E-state index contributed by atoms with van der Waals surface area (Å²) in [7, 11) is 0. The second kappa shape index (κ2) is 7.88. The highest BCUT2D eigenvalue weighted by Gasteiger charge is 2.26. The Hall–Kier alpha value is -3.09. The van der Waals surface area contributed by atoms with Crippen LogP contribution in [-0.2, 0) is 11.2 Å². The van der Waals surface area contributed by atoms with Crippen LogP contribution >= 0.6 is 0 Å². The predicted molar refractivity (Wildman–Crippen MR) is 106 cm³/mol. The van der Waals surface area contributed by atoms with Crippen molar-refractivity contribution in [1.29, 1.82) is 0 Å². The van der Waals surface area contributed by atoms with Crippen molar-refractivity contribution >= 4 is 23.4 Å². The van der Waals surface area contributed by atoms with E-state index in [9.17, 15) is 9.59 Å². The Kier molecular flexibility index (Phi) is 5.14. The quantitative estimate of drug-likeness (QED) is 0.819. The first kappa shape index (κ1) is 18.3. The molecule has 0 N–H and O–H groups in total. The van der Waals surface area contributed by atoms with E-state index in [2.05, 4.69) is 28.1 Å². The van der Waals surface area contributed by atoms with E-state index < -0.39 is 0 Å². The molecule has 0 unspecified atom stereocenters. The van der Waals surface area contributed by atoms with Crippen molar-refractivity contribution in [1.82, 2.24) is 14.8 Å². The smallest absolute Gasteiger partial charge is 0.409 e. The van der Waals surface area contributed by atoms with Gasteiger partial charge in [0.25, 0.3) is 5.91 Å². The molecular weight excluding hydrogens is 356 g/mol. The number of piperazine rings is 1. The summed E-state index contributed by atoms with van der Waals surface area (Å²) in [6.07, 6.45) is 4.10. The van der Waals surface area contributed by atoms with Crippen LogP contribution in [-0.4, -0.2) is 66.1 Å². The molecule has 0 spiro atoms. The maximum Gasteiger partial charge on any atom is 0.409 e. The lowest BCUT2D eigenvalue weighted by molar-refractivity contribution is 0.0570. The molecule has 2 aromatic rings. The van der Waals surface area contributed by atoms with E-state index in [1.54, 1.807) is 29.1 Å². The largest absolute Gasteiger partial charge is 0.450 e. The lowest BCUT2D eigenvalue weighted by Crippen LogP contribution is -2.50. The zero-order valence-corrected chi connectivity index (χ0v) is 16.0. The standard InChI is InChI=1S/C21H24N4O3/c1-2-28-21(27)24-11-9-23(10-12-24)20(26)17-13-18(15-22-14-17)25-8-7-16-5-3-4-6-19(16)25/h3-6,13-15H,2,7-12H2,1H3. The Bertz CT molecular complexity index is 877. The van der Waals surface area contributed by atoms with Crippen molar-refractivity contribution in [3.63, 3.8) is 0 Å². The number of aromatic nitrogens is 1. The van der Waals surface area contributed by atoms with E-state index >= 15 is 0 Å². The van der Waals surface area contributed by atoms with Crippen LogP contribution in [0.25, 0.3) is 0 Å². The van der Waals surface area contributed by atoms with Gasteiger partial charge >= 0.3 is 6.09 Å². The second-order valence-electron chi connectivity index (χ2n) is 6.94. The molecule has 2 aliphatic rings. The molecule has 2 amide bonds. The summed E-state index contributed by atoms with van der Waals surface area (Å²) in [5.74, 6) is -0.0506. The minimum absolute atomic E-state index is 0.0506. The van der Waals surface area contributed by atoms with Crippen LogP contribution in [0.1, 0.15) is 22.8 Å². The van der Waals surface area contributed by atoms with E-state index in [-0.39, 0.29) is 12.0 Å². The summed E-state index contributed by atoms with van der Waals surface area (Å²) in [6, 6.07) is 10.2. The summed E-state index contributed by atoms with van der Waals surface area (Å²) in [5, 5.41) is 0. The molecule has 28 heavy (non-hydrogen) atoms. The number of benzene rings is 1. The third kappa shape index (κ3) is 3.52. The van der Waals surface area contributed by atoms with Crippen molar-refractivity contribution < 1.29 is 14.3 Å². The fourth-order valence-electron chi connectivity index (χ4n) is 3.79. The summed E-state index contributed by atoms with van der Waals surface area (Å²) in [5.41, 5.74) is 4.00. The summed E-state index contributed by atoms with van der Waals surface area (Å²) in [6.45, 7) is 4.99. The molecule has 1 fully saturated rings. The molecule has 7 nitrogen and oxygen atoms in total. The van der Waals surface area contributed by atoms with Crippen LogP contribution < -0.4 is 4.90 Å². The van der Waals surface area contributed by atoms with Gasteiger partial charge in [0.05, 0.1) is 24.1 Å². The monoisotopic (exact) mass is 380 g/mol. The van der Waals surface area contributed by atoms with Crippen LogP contribution in [0.4, 0.5) is 16.2 Å². The molecule has 3 heterocycles.